The Balaban J connectivity index is 0. The van der Waals surface area contributed by atoms with Crippen molar-refractivity contribution < 1.29 is 4.74 Å². The first kappa shape index (κ1) is 18.3. The van der Waals surface area contributed by atoms with Crippen LogP contribution in [0.3, 0.4) is 0 Å². The van der Waals surface area contributed by atoms with Crippen molar-refractivity contribution in [2.75, 3.05) is 53.5 Å². The fourth-order valence-corrected chi connectivity index (χ4v) is 1.71. The molecular weight excluding hydrogens is 200 g/mol. The summed E-state index contributed by atoms with van der Waals surface area (Å²) < 4.78 is 5.10. The molecule has 2 rings (SSSR count). The maximum absolute atomic E-state index is 5.10. The summed E-state index contributed by atoms with van der Waals surface area (Å²) >= 11 is 0. The summed E-state index contributed by atoms with van der Waals surface area (Å²) in [5, 5.41) is 0. The molecule has 0 spiro atoms. The number of hydrogen-bond acceptors (Lipinski definition) is 3. The van der Waals surface area contributed by atoms with E-state index in [2.05, 4.69) is 23.9 Å². The zero-order valence-electron chi connectivity index (χ0n) is 9.67. The Bertz CT molecular complexity index is 114. The summed E-state index contributed by atoms with van der Waals surface area (Å²) in [5.41, 5.74) is 0. The number of rotatable bonds is 0. The Morgan fingerprint density at radius 2 is 1.12 bits per heavy atom. The SMILES string of the molecule is C.C.CN1CCCCC1.CN1CCOCC1. The lowest BCUT2D eigenvalue weighted by Gasteiger charge is -2.21. The average molecular weight is 232 g/mol. The summed E-state index contributed by atoms with van der Waals surface area (Å²) in [5.74, 6) is 0. The number of nitrogens with zero attached hydrogens (tertiary/aromatic N) is 2. The van der Waals surface area contributed by atoms with Gasteiger partial charge in [-0.25, -0.2) is 0 Å². The minimum atomic E-state index is 0. The van der Waals surface area contributed by atoms with Gasteiger partial charge in [0, 0.05) is 13.1 Å². The van der Waals surface area contributed by atoms with Crippen LogP contribution < -0.4 is 0 Å². The third-order valence-corrected chi connectivity index (χ3v) is 2.81. The lowest BCUT2D eigenvalue weighted by molar-refractivity contribution is 0.0503. The van der Waals surface area contributed by atoms with Gasteiger partial charge in [0.15, 0.2) is 0 Å². The Morgan fingerprint density at radius 1 is 0.688 bits per heavy atom. The predicted octanol–water partition coefficient (Wildman–Crippen LogP) is 2.32. The summed E-state index contributed by atoms with van der Waals surface area (Å²) in [6.07, 6.45) is 4.28. The molecule has 0 aromatic rings. The van der Waals surface area contributed by atoms with Crippen LogP contribution in [-0.4, -0.2) is 63.3 Å². The molecule has 2 saturated heterocycles. The zero-order valence-corrected chi connectivity index (χ0v) is 9.67. The molecule has 16 heavy (non-hydrogen) atoms. The molecular formula is C13H32N2O. The molecule has 0 aliphatic carbocycles. The van der Waals surface area contributed by atoms with Gasteiger partial charge in [0.05, 0.1) is 13.2 Å². The van der Waals surface area contributed by atoms with Crippen LogP contribution in [0.25, 0.3) is 0 Å². The van der Waals surface area contributed by atoms with Crippen molar-refractivity contribution >= 4 is 0 Å². The summed E-state index contributed by atoms with van der Waals surface area (Å²) in [7, 11) is 4.31. The number of hydrogen-bond donors (Lipinski definition) is 0. The molecule has 0 saturated carbocycles. The van der Waals surface area contributed by atoms with E-state index in [1.54, 1.807) is 0 Å². The second-order valence-electron chi connectivity index (χ2n) is 4.28. The normalized spacial score (nSPS) is 22.1. The highest BCUT2D eigenvalue weighted by Gasteiger charge is 2.02. The van der Waals surface area contributed by atoms with Crippen LogP contribution in [0, 0.1) is 0 Å². The van der Waals surface area contributed by atoms with Gasteiger partial charge >= 0.3 is 0 Å². The molecule has 3 nitrogen and oxygen atoms in total. The molecule has 0 unspecified atom stereocenters. The molecule has 0 N–H and O–H groups in total. The van der Waals surface area contributed by atoms with Gasteiger partial charge in [0.2, 0.25) is 0 Å². The third kappa shape index (κ3) is 9.13. The molecule has 100 valence electrons. The Hall–Kier alpha value is -0.120. The van der Waals surface area contributed by atoms with Crippen molar-refractivity contribution in [2.45, 2.75) is 34.1 Å². The number of morpholine rings is 1. The van der Waals surface area contributed by atoms with E-state index < -0.39 is 0 Å². The van der Waals surface area contributed by atoms with Crippen molar-refractivity contribution in [3.63, 3.8) is 0 Å². The van der Waals surface area contributed by atoms with E-state index in [-0.39, 0.29) is 14.9 Å². The first-order valence-electron chi connectivity index (χ1n) is 5.74. The van der Waals surface area contributed by atoms with E-state index in [0.29, 0.717) is 0 Å². The summed E-state index contributed by atoms with van der Waals surface area (Å²) in [6.45, 7) is 6.66. The lowest BCUT2D eigenvalue weighted by Crippen LogP contribution is -2.32. The first-order chi connectivity index (χ1) is 6.79. The molecule has 2 aliphatic rings. The highest BCUT2D eigenvalue weighted by atomic mass is 16.5. The minimum absolute atomic E-state index is 0. The van der Waals surface area contributed by atoms with Gasteiger partial charge in [-0.1, -0.05) is 21.3 Å². The Labute approximate surface area is 103 Å². The third-order valence-electron chi connectivity index (χ3n) is 2.81. The molecule has 2 fully saturated rings. The van der Waals surface area contributed by atoms with E-state index in [0.717, 1.165) is 26.3 Å². The summed E-state index contributed by atoms with van der Waals surface area (Å²) in [6, 6.07) is 0. The molecule has 0 amide bonds. The van der Waals surface area contributed by atoms with Gasteiger partial charge in [-0.2, -0.15) is 0 Å². The molecule has 0 aromatic carbocycles. The largest absolute Gasteiger partial charge is 0.379 e. The van der Waals surface area contributed by atoms with Crippen LogP contribution >= 0.6 is 0 Å². The number of likely N-dealkylation sites (tertiary alicyclic amines) is 1. The predicted molar refractivity (Wildman–Crippen MR) is 73.1 cm³/mol. The van der Waals surface area contributed by atoms with Crippen LogP contribution in [0.4, 0.5) is 0 Å². The molecule has 2 aliphatic heterocycles. The fraction of sp³-hybridized carbons (Fsp3) is 1.00. The quantitative estimate of drug-likeness (QED) is 0.637. The zero-order chi connectivity index (χ0) is 10.2. The Kier molecular flexibility index (Phi) is 13.0. The first-order valence-corrected chi connectivity index (χ1v) is 5.74. The van der Waals surface area contributed by atoms with Crippen LogP contribution in [0.2, 0.25) is 0 Å². The maximum atomic E-state index is 5.10. The molecule has 0 radical (unpaired) electrons. The van der Waals surface area contributed by atoms with E-state index in [9.17, 15) is 0 Å². The van der Waals surface area contributed by atoms with Gasteiger partial charge in [-0.15, -0.1) is 0 Å². The van der Waals surface area contributed by atoms with E-state index in [1.165, 1.54) is 32.4 Å². The van der Waals surface area contributed by atoms with Crippen molar-refractivity contribution in [1.82, 2.24) is 9.80 Å². The van der Waals surface area contributed by atoms with Crippen LogP contribution in [0.15, 0.2) is 0 Å². The highest BCUT2D eigenvalue weighted by Crippen LogP contribution is 2.04. The van der Waals surface area contributed by atoms with Gasteiger partial charge in [0.25, 0.3) is 0 Å². The van der Waals surface area contributed by atoms with Crippen LogP contribution in [0.5, 0.6) is 0 Å². The van der Waals surface area contributed by atoms with Crippen LogP contribution in [0.1, 0.15) is 34.1 Å². The fourth-order valence-electron chi connectivity index (χ4n) is 1.71. The monoisotopic (exact) mass is 232 g/mol. The number of ether oxygens (including phenoxy) is 1. The van der Waals surface area contributed by atoms with Crippen molar-refractivity contribution in [2.24, 2.45) is 0 Å². The Morgan fingerprint density at radius 3 is 1.38 bits per heavy atom. The molecule has 3 heteroatoms. The lowest BCUT2D eigenvalue weighted by atomic mass is 10.1. The molecule has 2 heterocycles. The van der Waals surface area contributed by atoms with Crippen molar-refractivity contribution in [3.8, 4) is 0 Å². The van der Waals surface area contributed by atoms with Gasteiger partial charge in [0.1, 0.15) is 0 Å². The number of piperidine rings is 1. The van der Waals surface area contributed by atoms with Gasteiger partial charge in [-0.3, -0.25) is 0 Å². The van der Waals surface area contributed by atoms with Gasteiger partial charge < -0.3 is 14.5 Å². The van der Waals surface area contributed by atoms with Crippen molar-refractivity contribution in [3.05, 3.63) is 0 Å². The minimum Gasteiger partial charge on any atom is -0.379 e. The van der Waals surface area contributed by atoms with E-state index in [1.807, 2.05) is 0 Å². The smallest absolute Gasteiger partial charge is 0.0594 e. The van der Waals surface area contributed by atoms with E-state index >= 15 is 0 Å². The standard InChI is InChI=1S/C6H13N.C5H11NO.2CH4/c1-7-5-3-2-4-6-7;1-6-2-4-7-5-3-6;;/h2-6H2,1H3;2-5H2,1H3;2*1H4. The van der Waals surface area contributed by atoms with Gasteiger partial charge in [-0.05, 0) is 40.0 Å². The maximum Gasteiger partial charge on any atom is 0.0594 e. The molecule has 0 atom stereocenters. The molecule has 0 bridgehead atoms. The second-order valence-corrected chi connectivity index (χ2v) is 4.28. The van der Waals surface area contributed by atoms with Crippen LogP contribution in [-0.2, 0) is 4.74 Å². The van der Waals surface area contributed by atoms with Crippen molar-refractivity contribution in [1.29, 1.82) is 0 Å². The second kappa shape index (κ2) is 11.4. The number of likely N-dealkylation sites (N-methyl/N-ethyl adjacent to an activating group) is 1. The average Bonchev–Trinajstić information content (AvgIpc) is 2.21. The molecule has 0 aromatic heterocycles. The summed E-state index contributed by atoms with van der Waals surface area (Å²) in [4.78, 5) is 4.66. The van der Waals surface area contributed by atoms with E-state index in [4.69, 9.17) is 4.74 Å². The topological polar surface area (TPSA) is 15.7 Å². The highest BCUT2D eigenvalue weighted by molar-refractivity contribution is 4.58.